The highest BCUT2D eigenvalue weighted by Crippen LogP contribution is 2.44. The lowest BCUT2D eigenvalue weighted by molar-refractivity contribution is -0.0846. The topological polar surface area (TPSA) is 220 Å². The Labute approximate surface area is 387 Å². The molecule has 2 aromatic heterocycles. The van der Waals surface area contributed by atoms with Crippen LogP contribution in [0.25, 0.3) is 0 Å². The minimum atomic E-state index is -4.90. The van der Waals surface area contributed by atoms with E-state index in [2.05, 4.69) is 14.7 Å². The average molecular weight is 966 g/mol. The fraction of sp³-hybridized carbons (Fsp3) is 0.435. The van der Waals surface area contributed by atoms with Crippen molar-refractivity contribution in [3.8, 4) is 11.5 Å². The van der Waals surface area contributed by atoms with Crippen LogP contribution in [0.5, 0.6) is 11.5 Å². The lowest BCUT2D eigenvalue weighted by atomic mass is 9.80. The zero-order valence-corrected chi connectivity index (χ0v) is 40.2. The summed E-state index contributed by atoms with van der Waals surface area (Å²) in [5, 5.41) is -0.269. The van der Waals surface area contributed by atoms with Crippen LogP contribution in [0.15, 0.2) is 117 Å². The first kappa shape index (κ1) is 49.4. The minimum Gasteiger partial charge on any atom is -0.497 e. The van der Waals surface area contributed by atoms with Gasteiger partial charge >= 0.3 is 21.7 Å². The van der Waals surface area contributed by atoms with Gasteiger partial charge in [-0.2, -0.15) is 13.1 Å². The summed E-state index contributed by atoms with van der Waals surface area (Å²) >= 11 is 0. The molecule has 7 rings (SSSR count). The highest BCUT2D eigenvalue weighted by Gasteiger charge is 2.51. The van der Waals surface area contributed by atoms with Crippen molar-refractivity contribution in [1.29, 1.82) is 0 Å². The van der Waals surface area contributed by atoms with Crippen molar-refractivity contribution in [2.75, 3.05) is 27.4 Å². The van der Waals surface area contributed by atoms with E-state index in [0.29, 0.717) is 28.2 Å². The fourth-order valence-corrected chi connectivity index (χ4v) is 10.3. The molecular formula is C46H56FN5O13SSi. The Hall–Kier alpha value is -5.52. The van der Waals surface area contributed by atoms with Crippen molar-refractivity contribution in [3.05, 3.63) is 161 Å². The molecule has 18 nitrogen and oxygen atoms in total. The molecule has 21 heteroatoms. The van der Waals surface area contributed by atoms with Crippen molar-refractivity contribution < 1.29 is 45.1 Å². The van der Waals surface area contributed by atoms with Crippen LogP contribution in [-0.2, 0) is 38.7 Å². The molecule has 0 unspecified atom stereocenters. The minimum absolute atomic E-state index is 0.114. The van der Waals surface area contributed by atoms with Crippen LogP contribution in [0.2, 0.25) is 18.1 Å². The molecule has 2 aliphatic heterocycles. The van der Waals surface area contributed by atoms with E-state index in [-0.39, 0.29) is 17.0 Å². The van der Waals surface area contributed by atoms with Gasteiger partial charge in [-0.25, -0.2) is 14.0 Å². The summed E-state index contributed by atoms with van der Waals surface area (Å²) in [6.45, 7) is 10.6. The number of nitrogens with one attached hydrogen (secondary N) is 3. The van der Waals surface area contributed by atoms with Gasteiger partial charge in [0.15, 0.2) is 20.7 Å². The predicted molar refractivity (Wildman–Crippen MR) is 247 cm³/mol. The molecule has 5 aromatic rings. The summed E-state index contributed by atoms with van der Waals surface area (Å²) in [4.78, 5) is 54.6. The van der Waals surface area contributed by atoms with E-state index in [1.807, 2.05) is 88.5 Å². The molecule has 4 heterocycles. The largest absolute Gasteiger partial charge is 0.497 e. The maximum absolute atomic E-state index is 17.1. The molecule has 2 fully saturated rings. The molecule has 3 N–H and O–H groups in total. The molecule has 0 saturated carbocycles. The molecule has 0 bridgehead atoms. The van der Waals surface area contributed by atoms with E-state index < -0.39 is 103 Å². The van der Waals surface area contributed by atoms with E-state index in [1.165, 1.54) is 31.9 Å². The molecule has 0 radical (unpaired) electrons. The van der Waals surface area contributed by atoms with Gasteiger partial charge in [0.05, 0.1) is 39.6 Å². The van der Waals surface area contributed by atoms with Crippen LogP contribution in [0.1, 0.15) is 61.9 Å². The number of nitrogens with zero attached hydrogens (tertiary/aromatic N) is 2. The van der Waals surface area contributed by atoms with Crippen LogP contribution in [-0.4, -0.2) is 93.8 Å². The Morgan fingerprint density at radius 1 is 0.791 bits per heavy atom. The number of aromatic amines is 2. The van der Waals surface area contributed by atoms with Crippen LogP contribution in [0, 0.1) is 6.92 Å². The van der Waals surface area contributed by atoms with E-state index in [0.717, 1.165) is 16.8 Å². The third-order valence-electron chi connectivity index (χ3n) is 12.6. The van der Waals surface area contributed by atoms with Gasteiger partial charge in [0.2, 0.25) is 0 Å². The van der Waals surface area contributed by atoms with Gasteiger partial charge < -0.3 is 28.1 Å². The van der Waals surface area contributed by atoms with Crippen molar-refractivity contribution in [2.45, 2.75) is 101 Å². The first-order chi connectivity index (χ1) is 31.7. The Bertz CT molecular complexity index is 2820. The number of alkyl halides is 1. The maximum Gasteiger partial charge on any atom is 0.336 e. The molecule has 67 heavy (non-hydrogen) atoms. The fourth-order valence-electron chi connectivity index (χ4n) is 7.99. The number of ether oxygens (including phenoxy) is 5. The normalized spacial score (nSPS) is 22.5. The van der Waals surface area contributed by atoms with Crippen molar-refractivity contribution in [2.24, 2.45) is 0 Å². The highest BCUT2D eigenvalue weighted by molar-refractivity contribution is 7.84. The van der Waals surface area contributed by atoms with E-state index in [9.17, 15) is 27.6 Å². The smallest absolute Gasteiger partial charge is 0.336 e. The highest BCUT2D eigenvalue weighted by atomic mass is 32.2. The second-order valence-electron chi connectivity index (χ2n) is 18.0. The number of methoxy groups -OCH3 is 2. The molecule has 3 aromatic carbocycles. The summed E-state index contributed by atoms with van der Waals surface area (Å²) in [6.07, 6.45) is -5.66. The van der Waals surface area contributed by atoms with E-state index in [1.54, 1.807) is 24.3 Å². The van der Waals surface area contributed by atoms with Gasteiger partial charge in [0.1, 0.15) is 35.5 Å². The van der Waals surface area contributed by atoms with Gasteiger partial charge in [-0.3, -0.25) is 32.9 Å². The number of aryl methyl sites for hydroxylation is 1. The Morgan fingerprint density at radius 3 is 1.94 bits per heavy atom. The molecular weight excluding hydrogens is 910 g/mol. The average Bonchev–Trinajstić information content (AvgIpc) is 3.82. The lowest BCUT2D eigenvalue weighted by Crippen LogP contribution is -2.50. The Kier molecular flexibility index (Phi) is 14.4. The van der Waals surface area contributed by atoms with Crippen LogP contribution >= 0.6 is 0 Å². The summed E-state index contributed by atoms with van der Waals surface area (Å²) < 4.78 is 92.2. The standard InChI is InChI=1S/C46H56FN5O13SSi/c1-28-25-52(44(56)49-41(28)54)38-24-34(65-67(7,8)45(2,3)4)35(63-38)27-62-66(57,58)50-40-36(64-42(39(40)47)51-23-22-37(53)48-43(51)55)26-61-46(29-12-10-9-11-13-29,30-14-18-32(59-5)19-15-30)31-16-20-33(60-6)21-17-31/h9-23,25,34-36,38-40,42,50H,24,26-27H2,1-8H3,(H,48,53,55)(H,49,54,56)/t34-,35+,36+,38+,39+,40+,42+/m0/s1. The summed E-state index contributed by atoms with van der Waals surface area (Å²) in [7, 11) is -4.37. The first-order valence-corrected chi connectivity index (χ1v) is 25.9. The molecule has 0 amide bonds. The molecule has 360 valence electrons. The monoisotopic (exact) mass is 965 g/mol. The van der Waals surface area contributed by atoms with E-state index in [4.69, 9.17) is 32.3 Å². The number of halogens is 1. The van der Waals surface area contributed by atoms with E-state index >= 15 is 4.39 Å². The number of aromatic nitrogens is 4. The van der Waals surface area contributed by atoms with Crippen molar-refractivity contribution in [3.63, 3.8) is 0 Å². The number of benzene rings is 3. The van der Waals surface area contributed by atoms with Crippen LogP contribution in [0.4, 0.5) is 4.39 Å². The molecule has 7 atom stereocenters. The number of H-pyrrole nitrogens is 2. The van der Waals surface area contributed by atoms with Gasteiger partial charge in [-0.1, -0.05) is 75.4 Å². The molecule has 0 aliphatic carbocycles. The molecule has 2 saturated heterocycles. The third kappa shape index (κ3) is 10.5. The van der Waals surface area contributed by atoms with Gasteiger partial charge in [0, 0.05) is 30.4 Å². The summed E-state index contributed by atoms with van der Waals surface area (Å²) in [6, 6.07) is 22.8. The quantitative estimate of drug-likeness (QED) is 0.0862. The van der Waals surface area contributed by atoms with Crippen molar-refractivity contribution in [1.82, 2.24) is 23.8 Å². The number of rotatable bonds is 17. The van der Waals surface area contributed by atoms with Gasteiger partial charge in [0.25, 0.3) is 11.1 Å². The number of hydrogen-bond donors (Lipinski definition) is 3. The van der Waals surface area contributed by atoms with Gasteiger partial charge in [-0.05, 0) is 66.0 Å². The summed E-state index contributed by atoms with van der Waals surface area (Å²) in [5.74, 6) is 1.14. The van der Waals surface area contributed by atoms with Crippen LogP contribution < -0.4 is 36.7 Å². The third-order valence-corrected chi connectivity index (χ3v) is 18.2. The lowest BCUT2D eigenvalue weighted by Gasteiger charge is -2.39. The molecule has 0 spiro atoms. The predicted octanol–water partition coefficient (Wildman–Crippen LogP) is 4.55. The van der Waals surface area contributed by atoms with Crippen LogP contribution in [0.3, 0.4) is 0 Å². The molecule has 2 aliphatic rings. The number of hydrogen-bond acceptors (Lipinski definition) is 13. The zero-order chi connectivity index (χ0) is 48.5. The SMILES string of the molecule is COc1ccc(C(OC[C@H]2O[C@@H](n3ccc(=O)[nH]c3=O)[C@H](F)[C@@H]2NS(=O)(=O)OC[C@H]2O[C@@H](n3cc(C)c(=O)[nH]c3=O)C[C@@H]2O[Si](C)(C)C(C)(C)C)(c2ccccc2)c2ccc(OC)cc2)cc1. The second kappa shape index (κ2) is 19.6. The summed E-state index contributed by atoms with van der Waals surface area (Å²) in [5.41, 5.74) is -2.30. The maximum atomic E-state index is 17.1. The zero-order valence-electron chi connectivity index (χ0n) is 38.4. The first-order valence-electron chi connectivity index (χ1n) is 21.6. The van der Waals surface area contributed by atoms with Gasteiger partial charge in [-0.15, -0.1) is 0 Å². The Morgan fingerprint density at radius 2 is 1.37 bits per heavy atom. The second-order valence-corrected chi connectivity index (χ2v) is 24.1. The Balaban J connectivity index is 1.22. The van der Waals surface area contributed by atoms with Crippen molar-refractivity contribution >= 4 is 18.6 Å².